The Hall–Kier alpha value is -3.65. The van der Waals surface area contributed by atoms with Gasteiger partial charge >= 0.3 is 0 Å². The van der Waals surface area contributed by atoms with Gasteiger partial charge < -0.3 is 24.7 Å². The molecule has 1 aliphatic rings. The van der Waals surface area contributed by atoms with Crippen LogP contribution in [-0.4, -0.2) is 65.5 Å². The molecule has 0 radical (unpaired) electrons. The number of benzene rings is 1. The Morgan fingerprint density at radius 2 is 1.59 bits per heavy atom. The van der Waals surface area contributed by atoms with Crippen molar-refractivity contribution in [1.29, 1.82) is 0 Å². The number of likely N-dealkylation sites (N-methyl/N-ethyl adjacent to an activating group) is 1. The molecule has 0 spiro atoms. The predicted molar refractivity (Wildman–Crippen MR) is 182 cm³/mol. The smallest absolute Gasteiger partial charge is 0.290 e. The molecule has 8 nitrogen and oxygen atoms in total. The van der Waals surface area contributed by atoms with Crippen LogP contribution in [0.3, 0.4) is 0 Å². The van der Waals surface area contributed by atoms with Gasteiger partial charge in [0.25, 0.3) is 6.47 Å². The maximum Gasteiger partial charge on any atom is 0.290 e. The Morgan fingerprint density at radius 3 is 2.09 bits per heavy atom. The summed E-state index contributed by atoms with van der Waals surface area (Å²) in [5, 5.41) is 15.4. The largest absolute Gasteiger partial charge is 0.491 e. The van der Waals surface area contributed by atoms with Gasteiger partial charge in [-0.25, -0.2) is 0 Å². The number of rotatable bonds is 8. The Bertz CT molecular complexity index is 1300. The molecule has 0 amide bonds. The highest BCUT2D eigenvalue weighted by Crippen LogP contribution is 2.39. The molecule has 3 heterocycles. The van der Waals surface area contributed by atoms with E-state index in [0.717, 1.165) is 54.4 Å². The number of para-hydroxylation sites is 1. The fourth-order valence-electron chi connectivity index (χ4n) is 5.15. The van der Waals surface area contributed by atoms with Gasteiger partial charge in [-0.3, -0.25) is 14.8 Å². The van der Waals surface area contributed by atoms with E-state index in [2.05, 4.69) is 88.7 Å². The Balaban J connectivity index is 0.000000754. The molecule has 0 unspecified atom stereocenters. The lowest BCUT2D eigenvalue weighted by Gasteiger charge is -2.40. The van der Waals surface area contributed by atoms with Gasteiger partial charge in [-0.15, -0.1) is 0 Å². The fourth-order valence-corrected chi connectivity index (χ4v) is 5.15. The highest BCUT2D eigenvalue weighted by atomic mass is 16.5. The van der Waals surface area contributed by atoms with Gasteiger partial charge in [-0.2, -0.15) is 0 Å². The Morgan fingerprint density at radius 1 is 1.02 bits per heavy atom. The summed E-state index contributed by atoms with van der Waals surface area (Å²) in [5.41, 5.74) is 9.28. The van der Waals surface area contributed by atoms with Crippen LogP contribution in [-0.2, 0) is 11.2 Å². The van der Waals surface area contributed by atoms with Crippen molar-refractivity contribution in [3.63, 3.8) is 0 Å². The number of aliphatic hydroxyl groups is 1. The van der Waals surface area contributed by atoms with Crippen LogP contribution in [0, 0.1) is 26.2 Å². The second-order valence-electron chi connectivity index (χ2n) is 13.3. The molecule has 2 N–H and O–H groups in total. The first-order chi connectivity index (χ1) is 20.6. The van der Waals surface area contributed by atoms with Crippen LogP contribution in [0.1, 0.15) is 76.8 Å². The van der Waals surface area contributed by atoms with Crippen LogP contribution < -0.4 is 14.5 Å². The van der Waals surface area contributed by atoms with Gasteiger partial charge in [0, 0.05) is 37.6 Å². The number of carboxylic acid groups (broad SMARTS) is 1. The number of hydrogen-bond acceptors (Lipinski definition) is 7. The molecule has 1 saturated heterocycles. The van der Waals surface area contributed by atoms with Crippen LogP contribution >= 0.6 is 0 Å². The average molecular weight is 607 g/mol. The zero-order valence-electron chi connectivity index (χ0n) is 28.6. The third-order valence-corrected chi connectivity index (χ3v) is 7.70. The number of anilines is 2. The maximum atomic E-state index is 8.52. The van der Waals surface area contributed by atoms with E-state index in [-0.39, 0.29) is 6.47 Å². The summed E-state index contributed by atoms with van der Waals surface area (Å²) >= 11 is 0. The Kier molecular flexibility index (Phi) is 13.6. The lowest BCUT2D eigenvalue weighted by Crippen LogP contribution is -2.38. The van der Waals surface area contributed by atoms with Crippen LogP contribution in [0.4, 0.5) is 11.4 Å². The summed E-state index contributed by atoms with van der Waals surface area (Å²) in [6.45, 7) is 21.9. The van der Waals surface area contributed by atoms with E-state index in [1.54, 1.807) is 20.8 Å². The molecule has 1 aliphatic heterocycles. The third kappa shape index (κ3) is 11.1. The lowest BCUT2D eigenvalue weighted by atomic mass is 9.82. The van der Waals surface area contributed by atoms with Crippen molar-refractivity contribution < 1.29 is 19.7 Å². The first kappa shape index (κ1) is 36.5. The second kappa shape index (κ2) is 16.4. The third-order valence-electron chi connectivity index (χ3n) is 7.70. The van der Waals surface area contributed by atoms with Gasteiger partial charge in [-0.05, 0) is 95.0 Å². The number of pyridine rings is 2. The van der Waals surface area contributed by atoms with Gasteiger partial charge in [0.1, 0.15) is 12.4 Å². The maximum absolute atomic E-state index is 8.52. The first-order valence-electron chi connectivity index (χ1n) is 15.5. The number of ether oxygens (including phenoxy) is 1. The van der Waals surface area contributed by atoms with Gasteiger partial charge in [0.15, 0.2) is 0 Å². The van der Waals surface area contributed by atoms with Crippen LogP contribution in [0.2, 0.25) is 0 Å². The van der Waals surface area contributed by atoms with E-state index in [4.69, 9.17) is 29.7 Å². The Labute approximate surface area is 265 Å². The molecule has 8 heteroatoms. The second-order valence-corrected chi connectivity index (χ2v) is 13.3. The molecule has 0 bridgehead atoms. The van der Waals surface area contributed by atoms with Crippen LogP contribution in [0.5, 0.6) is 5.75 Å². The molecule has 4 rings (SSSR count). The van der Waals surface area contributed by atoms with Crippen LogP contribution in [0.15, 0.2) is 42.7 Å². The first-order valence-corrected chi connectivity index (χ1v) is 15.5. The quantitative estimate of drug-likeness (QED) is 0.259. The number of nitrogens with zero attached hydrogens (tertiary/aromatic N) is 4. The van der Waals surface area contributed by atoms with E-state index in [0.29, 0.717) is 12.0 Å². The number of carbonyl (C=O) groups is 1. The summed E-state index contributed by atoms with van der Waals surface area (Å²) in [6, 6.07) is 10.6. The molecule has 0 atom stereocenters. The summed E-state index contributed by atoms with van der Waals surface area (Å²) in [4.78, 5) is 22.8. The zero-order chi connectivity index (χ0) is 33.1. The molecular formula is C36H54N4O4. The molecule has 0 saturated carbocycles. The molecule has 44 heavy (non-hydrogen) atoms. The van der Waals surface area contributed by atoms with E-state index >= 15 is 0 Å². The number of aryl methyl sites for hydroxylation is 3. The van der Waals surface area contributed by atoms with Gasteiger partial charge in [0.2, 0.25) is 0 Å². The molecule has 1 aromatic carbocycles. The standard InChI is InChI=1S/C31H42N4O.C4H10O.CH2O2/c1-8-26-24(4)32-21-27(29(26)35-16-14-31(5,6)15-17-35)28-13-12-25(20-33-28)34(7)18-19-36-30-22(2)10-9-11-23(30)3;1-4(2,3)5;2-1-3/h9-13,20-21H,8,14-19H2,1-7H3;5H,1-3H3;1H,(H,2,3). The summed E-state index contributed by atoms with van der Waals surface area (Å²) in [7, 11) is 2.09. The summed E-state index contributed by atoms with van der Waals surface area (Å²) in [6.07, 6.45) is 7.39. The summed E-state index contributed by atoms with van der Waals surface area (Å²) in [5.74, 6) is 0.992. The topological polar surface area (TPSA) is 99.0 Å². The monoisotopic (exact) mass is 606 g/mol. The van der Waals surface area contributed by atoms with E-state index < -0.39 is 5.60 Å². The van der Waals surface area contributed by atoms with Crippen molar-refractivity contribution in [1.82, 2.24) is 9.97 Å². The predicted octanol–water partition coefficient (Wildman–Crippen LogP) is 7.25. The molecule has 2 aromatic heterocycles. The SMILES string of the molecule is CC(C)(C)O.CCc1c(C)ncc(-c2ccc(N(C)CCOc3c(C)cccc3C)cn2)c1N1CCC(C)(C)CC1.O=CO. The normalized spacial score (nSPS) is 14.0. The summed E-state index contributed by atoms with van der Waals surface area (Å²) < 4.78 is 6.11. The molecule has 1 fully saturated rings. The number of aromatic nitrogens is 2. The van der Waals surface area contributed by atoms with E-state index in [9.17, 15) is 0 Å². The molecule has 0 aliphatic carbocycles. The van der Waals surface area contributed by atoms with Crippen molar-refractivity contribution in [3.8, 4) is 17.0 Å². The minimum Gasteiger partial charge on any atom is -0.491 e. The van der Waals surface area contributed by atoms with Crippen molar-refractivity contribution in [3.05, 3.63) is 65.1 Å². The lowest BCUT2D eigenvalue weighted by molar-refractivity contribution is -0.122. The van der Waals surface area contributed by atoms with Crippen molar-refractivity contribution in [2.75, 3.05) is 43.1 Å². The molecule has 3 aromatic rings. The minimum absolute atomic E-state index is 0.250. The molecular weight excluding hydrogens is 552 g/mol. The average Bonchev–Trinajstić information content (AvgIpc) is 2.94. The number of hydrogen-bond donors (Lipinski definition) is 2. The van der Waals surface area contributed by atoms with E-state index in [1.807, 2.05) is 12.4 Å². The van der Waals surface area contributed by atoms with Gasteiger partial charge in [-0.1, -0.05) is 39.0 Å². The zero-order valence-corrected chi connectivity index (χ0v) is 28.6. The molecule has 242 valence electrons. The van der Waals surface area contributed by atoms with Crippen molar-refractivity contribution in [2.24, 2.45) is 5.41 Å². The highest BCUT2D eigenvalue weighted by molar-refractivity contribution is 5.79. The van der Waals surface area contributed by atoms with Crippen molar-refractivity contribution >= 4 is 17.8 Å². The highest BCUT2D eigenvalue weighted by Gasteiger charge is 2.28. The van der Waals surface area contributed by atoms with E-state index in [1.165, 1.54) is 35.2 Å². The number of piperidine rings is 1. The fraction of sp³-hybridized carbons (Fsp3) is 0.528. The van der Waals surface area contributed by atoms with Crippen molar-refractivity contribution in [2.45, 2.75) is 87.2 Å². The van der Waals surface area contributed by atoms with Crippen LogP contribution in [0.25, 0.3) is 11.3 Å². The van der Waals surface area contributed by atoms with Gasteiger partial charge in [0.05, 0.1) is 35.4 Å². The minimum atomic E-state index is -0.500.